The number of benzene rings is 2. The molecule has 0 aliphatic carbocycles. The Bertz CT molecular complexity index is 528. The van der Waals surface area contributed by atoms with Crippen LogP contribution in [0.4, 0.5) is 11.4 Å². The van der Waals surface area contributed by atoms with Crippen LogP contribution in [0, 0.1) is 0 Å². The molecule has 0 aromatic heterocycles. The fourth-order valence-corrected chi connectivity index (χ4v) is 2.71. The first kappa shape index (κ1) is 15.9. The molecular formula is C18H23BrN2. The fraction of sp³-hybridized carbons (Fsp3) is 0.333. The van der Waals surface area contributed by atoms with Crippen LogP contribution >= 0.6 is 15.9 Å². The van der Waals surface area contributed by atoms with Gasteiger partial charge in [0.1, 0.15) is 0 Å². The zero-order valence-corrected chi connectivity index (χ0v) is 14.1. The van der Waals surface area contributed by atoms with Gasteiger partial charge in [-0.3, -0.25) is 0 Å². The fourth-order valence-electron chi connectivity index (χ4n) is 2.29. The van der Waals surface area contributed by atoms with E-state index in [2.05, 4.69) is 81.6 Å². The quantitative estimate of drug-likeness (QED) is 0.709. The lowest BCUT2D eigenvalue weighted by Crippen LogP contribution is -2.30. The molecule has 2 aromatic rings. The van der Waals surface area contributed by atoms with Gasteiger partial charge in [-0.15, -0.1) is 0 Å². The van der Waals surface area contributed by atoms with Crippen LogP contribution in [0.5, 0.6) is 0 Å². The Morgan fingerprint density at radius 1 is 0.952 bits per heavy atom. The molecule has 0 bridgehead atoms. The normalized spacial score (nSPS) is 10.4. The molecule has 0 saturated carbocycles. The minimum Gasteiger partial charge on any atom is -0.382 e. The number of rotatable bonds is 8. The van der Waals surface area contributed by atoms with Gasteiger partial charge < -0.3 is 10.2 Å². The number of hydrogen-bond donors (Lipinski definition) is 1. The predicted molar refractivity (Wildman–Crippen MR) is 96.2 cm³/mol. The molecule has 112 valence electrons. The maximum atomic E-state index is 3.57. The molecule has 0 aliphatic heterocycles. The van der Waals surface area contributed by atoms with Crippen molar-refractivity contribution in [3.63, 3.8) is 0 Å². The molecule has 0 fully saturated rings. The predicted octanol–water partition coefficient (Wildman–Crippen LogP) is 5.17. The van der Waals surface area contributed by atoms with Gasteiger partial charge in [0.25, 0.3) is 0 Å². The SMILES string of the molecule is CCCCN(CCNc1ccccc1Br)c1ccccc1. The van der Waals surface area contributed by atoms with Crippen molar-refractivity contribution in [1.29, 1.82) is 0 Å². The van der Waals surface area contributed by atoms with Crippen molar-refractivity contribution >= 4 is 27.3 Å². The van der Waals surface area contributed by atoms with Gasteiger partial charge in [-0.25, -0.2) is 0 Å². The van der Waals surface area contributed by atoms with Gasteiger partial charge in [0, 0.05) is 35.5 Å². The molecule has 0 aliphatic rings. The van der Waals surface area contributed by atoms with E-state index in [0.717, 1.165) is 29.8 Å². The zero-order valence-electron chi connectivity index (χ0n) is 12.6. The first-order chi connectivity index (χ1) is 10.3. The van der Waals surface area contributed by atoms with Crippen LogP contribution in [0.25, 0.3) is 0 Å². The summed E-state index contributed by atoms with van der Waals surface area (Å²) in [5.74, 6) is 0. The van der Waals surface area contributed by atoms with Crippen molar-refractivity contribution in [1.82, 2.24) is 0 Å². The Balaban J connectivity index is 1.92. The Morgan fingerprint density at radius 3 is 2.38 bits per heavy atom. The summed E-state index contributed by atoms with van der Waals surface area (Å²) in [6.45, 7) is 5.28. The number of nitrogens with zero attached hydrogens (tertiary/aromatic N) is 1. The highest BCUT2D eigenvalue weighted by molar-refractivity contribution is 9.10. The maximum Gasteiger partial charge on any atom is 0.0485 e. The first-order valence-corrected chi connectivity index (χ1v) is 8.39. The summed E-state index contributed by atoms with van der Waals surface area (Å²) in [5.41, 5.74) is 2.46. The summed E-state index contributed by atoms with van der Waals surface area (Å²) in [4.78, 5) is 2.45. The summed E-state index contributed by atoms with van der Waals surface area (Å²) >= 11 is 3.57. The molecule has 0 amide bonds. The van der Waals surface area contributed by atoms with E-state index >= 15 is 0 Å². The Hall–Kier alpha value is -1.48. The number of anilines is 2. The van der Waals surface area contributed by atoms with Gasteiger partial charge in [0.15, 0.2) is 0 Å². The van der Waals surface area contributed by atoms with Gasteiger partial charge in [-0.1, -0.05) is 43.7 Å². The molecule has 0 saturated heterocycles. The van der Waals surface area contributed by atoms with Crippen molar-refractivity contribution in [2.24, 2.45) is 0 Å². The lowest BCUT2D eigenvalue weighted by Gasteiger charge is -2.25. The van der Waals surface area contributed by atoms with Crippen molar-refractivity contribution in [3.05, 3.63) is 59.1 Å². The largest absolute Gasteiger partial charge is 0.382 e. The van der Waals surface area contributed by atoms with Gasteiger partial charge in [-0.05, 0) is 46.6 Å². The third-order valence-corrected chi connectivity index (χ3v) is 4.17. The molecule has 2 aromatic carbocycles. The van der Waals surface area contributed by atoms with Crippen LogP contribution in [0.1, 0.15) is 19.8 Å². The smallest absolute Gasteiger partial charge is 0.0485 e. The van der Waals surface area contributed by atoms with Crippen LogP contribution < -0.4 is 10.2 Å². The summed E-state index contributed by atoms with van der Waals surface area (Å²) in [6, 6.07) is 18.9. The molecule has 0 heterocycles. The Labute approximate surface area is 136 Å². The van der Waals surface area contributed by atoms with E-state index in [1.165, 1.54) is 18.5 Å². The van der Waals surface area contributed by atoms with E-state index < -0.39 is 0 Å². The molecule has 2 rings (SSSR count). The molecule has 0 atom stereocenters. The van der Waals surface area contributed by atoms with Crippen LogP contribution in [0.2, 0.25) is 0 Å². The summed E-state index contributed by atoms with van der Waals surface area (Å²) in [6.07, 6.45) is 2.45. The Morgan fingerprint density at radius 2 is 1.67 bits per heavy atom. The van der Waals surface area contributed by atoms with E-state index in [1.54, 1.807) is 0 Å². The highest BCUT2D eigenvalue weighted by Gasteiger charge is 2.05. The second-order valence-corrected chi connectivity index (χ2v) is 5.94. The average Bonchev–Trinajstić information content (AvgIpc) is 2.53. The number of para-hydroxylation sites is 2. The average molecular weight is 347 g/mol. The van der Waals surface area contributed by atoms with Crippen molar-refractivity contribution in [2.45, 2.75) is 19.8 Å². The summed E-state index contributed by atoms with van der Waals surface area (Å²) < 4.78 is 1.12. The van der Waals surface area contributed by atoms with Crippen LogP contribution in [0.3, 0.4) is 0 Å². The number of hydrogen-bond acceptors (Lipinski definition) is 2. The standard InChI is InChI=1S/C18H23BrN2/c1-2-3-14-21(16-9-5-4-6-10-16)15-13-20-18-12-8-7-11-17(18)19/h4-12,20H,2-3,13-15H2,1H3. The first-order valence-electron chi connectivity index (χ1n) is 7.59. The topological polar surface area (TPSA) is 15.3 Å². The van der Waals surface area contributed by atoms with Crippen LogP contribution in [-0.2, 0) is 0 Å². The molecular weight excluding hydrogens is 324 g/mol. The van der Waals surface area contributed by atoms with Gasteiger partial charge in [-0.2, -0.15) is 0 Å². The molecule has 21 heavy (non-hydrogen) atoms. The molecule has 0 spiro atoms. The minimum absolute atomic E-state index is 0.932. The number of halogens is 1. The highest BCUT2D eigenvalue weighted by atomic mass is 79.9. The van der Waals surface area contributed by atoms with E-state index in [-0.39, 0.29) is 0 Å². The second-order valence-electron chi connectivity index (χ2n) is 5.08. The lowest BCUT2D eigenvalue weighted by molar-refractivity contribution is 0.722. The minimum atomic E-state index is 0.932. The summed E-state index contributed by atoms with van der Waals surface area (Å²) in [7, 11) is 0. The Kier molecular flexibility index (Phi) is 6.61. The highest BCUT2D eigenvalue weighted by Crippen LogP contribution is 2.21. The molecule has 1 N–H and O–H groups in total. The molecule has 0 radical (unpaired) electrons. The lowest BCUT2D eigenvalue weighted by atomic mass is 10.2. The van der Waals surface area contributed by atoms with Gasteiger partial charge in [0.2, 0.25) is 0 Å². The monoisotopic (exact) mass is 346 g/mol. The van der Waals surface area contributed by atoms with Crippen LogP contribution in [0.15, 0.2) is 59.1 Å². The van der Waals surface area contributed by atoms with Gasteiger partial charge in [0.05, 0.1) is 0 Å². The third-order valence-electron chi connectivity index (χ3n) is 3.47. The number of unbranched alkanes of at least 4 members (excludes halogenated alkanes) is 1. The van der Waals surface area contributed by atoms with Crippen LogP contribution in [-0.4, -0.2) is 19.6 Å². The molecule has 2 nitrogen and oxygen atoms in total. The maximum absolute atomic E-state index is 3.57. The second kappa shape index (κ2) is 8.73. The van der Waals surface area contributed by atoms with E-state index in [9.17, 15) is 0 Å². The van der Waals surface area contributed by atoms with Crippen molar-refractivity contribution < 1.29 is 0 Å². The number of nitrogens with one attached hydrogen (secondary N) is 1. The zero-order chi connectivity index (χ0) is 14.9. The van der Waals surface area contributed by atoms with E-state index in [1.807, 2.05) is 6.07 Å². The molecule has 3 heteroatoms. The van der Waals surface area contributed by atoms with Crippen molar-refractivity contribution in [3.8, 4) is 0 Å². The van der Waals surface area contributed by atoms with Gasteiger partial charge >= 0.3 is 0 Å². The summed E-state index contributed by atoms with van der Waals surface area (Å²) in [5, 5.41) is 3.50. The third kappa shape index (κ3) is 5.09. The molecule has 0 unspecified atom stereocenters. The van der Waals surface area contributed by atoms with E-state index in [0.29, 0.717) is 0 Å². The van der Waals surface area contributed by atoms with Crippen molar-refractivity contribution in [2.75, 3.05) is 29.9 Å². The van der Waals surface area contributed by atoms with E-state index in [4.69, 9.17) is 0 Å².